The molecule has 0 aliphatic heterocycles. The van der Waals surface area contributed by atoms with Crippen LogP contribution < -0.4 is 5.73 Å². The number of aromatic nitrogens is 1. The van der Waals surface area contributed by atoms with Crippen molar-refractivity contribution in [3.8, 4) is 11.8 Å². The molecule has 0 aromatic carbocycles. The molecule has 0 radical (unpaired) electrons. The molecule has 2 N–H and O–H groups in total. The van der Waals surface area contributed by atoms with Crippen molar-refractivity contribution < 1.29 is 0 Å². The molecule has 1 heterocycles. The number of rotatable bonds is 1. The van der Waals surface area contributed by atoms with Crippen molar-refractivity contribution in [2.24, 2.45) is 5.41 Å². The first-order valence-electron chi connectivity index (χ1n) is 5.10. The second-order valence-corrected chi connectivity index (χ2v) is 4.30. The van der Waals surface area contributed by atoms with E-state index in [1.165, 1.54) is 12.8 Å². The first-order chi connectivity index (χ1) is 7.17. The monoisotopic (exact) mass is 220 g/mol. The van der Waals surface area contributed by atoms with Crippen LogP contribution in [0.4, 0.5) is 5.69 Å². The Bertz CT molecular complexity index is 439. The molecule has 0 unspecified atom stereocenters. The molecule has 1 fully saturated rings. The second kappa shape index (κ2) is 3.75. The number of halogens is 1. The van der Waals surface area contributed by atoms with Crippen molar-refractivity contribution in [2.75, 3.05) is 5.73 Å². The molecule has 78 valence electrons. The molecule has 0 amide bonds. The number of nitrogens with zero attached hydrogens (tertiary/aromatic N) is 1. The third-order valence-corrected chi connectivity index (χ3v) is 3.24. The van der Waals surface area contributed by atoms with Crippen LogP contribution in [0.15, 0.2) is 12.3 Å². The first kappa shape index (κ1) is 10.3. The molecule has 3 heteroatoms. The Labute approximate surface area is 94.8 Å². The molecular weight excluding hydrogens is 208 g/mol. The highest BCUT2D eigenvalue weighted by Crippen LogP contribution is 2.47. The Hall–Kier alpha value is -1.20. The van der Waals surface area contributed by atoms with Crippen LogP contribution in [0.25, 0.3) is 0 Å². The maximum atomic E-state index is 5.81. The van der Waals surface area contributed by atoms with E-state index in [2.05, 4.69) is 23.7 Å². The van der Waals surface area contributed by atoms with Gasteiger partial charge in [-0.15, -0.1) is 0 Å². The Kier molecular flexibility index (Phi) is 2.58. The van der Waals surface area contributed by atoms with Gasteiger partial charge in [-0.3, -0.25) is 0 Å². The summed E-state index contributed by atoms with van der Waals surface area (Å²) in [7, 11) is 0. The van der Waals surface area contributed by atoms with Crippen molar-refractivity contribution in [1.82, 2.24) is 4.98 Å². The van der Waals surface area contributed by atoms with Crippen LogP contribution in [0.1, 0.15) is 31.7 Å². The molecule has 0 spiro atoms. The first-order valence-corrected chi connectivity index (χ1v) is 5.48. The third-order valence-electron chi connectivity index (χ3n) is 2.93. The highest BCUT2D eigenvalue weighted by atomic mass is 35.5. The minimum Gasteiger partial charge on any atom is -0.395 e. The topological polar surface area (TPSA) is 38.9 Å². The molecule has 1 aromatic heterocycles. The summed E-state index contributed by atoms with van der Waals surface area (Å²) in [6, 6.07) is 1.81. The van der Waals surface area contributed by atoms with Gasteiger partial charge in [-0.1, -0.05) is 30.4 Å². The largest absolute Gasteiger partial charge is 0.395 e. The highest BCUT2D eigenvalue weighted by Gasteiger charge is 2.38. The molecule has 0 bridgehead atoms. The number of nitrogens with two attached hydrogens (primary N) is 1. The van der Waals surface area contributed by atoms with E-state index in [1.54, 1.807) is 12.3 Å². The van der Waals surface area contributed by atoms with E-state index in [-0.39, 0.29) is 5.41 Å². The summed E-state index contributed by atoms with van der Waals surface area (Å²) in [4.78, 5) is 3.89. The lowest BCUT2D eigenvalue weighted by Crippen LogP contribution is -1.95. The van der Waals surface area contributed by atoms with Gasteiger partial charge in [0.25, 0.3) is 0 Å². The third kappa shape index (κ3) is 2.08. The molecule has 2 rings (SSSR count). The van der Waals surface area contributed by atoms with Gasteiger partial charge in [0.05, 0.1) is 11.3 Å². The Balaban J connectivity index is 2.28. The number of nitrogen functional groups attached to an aromatic ring is 1. The molecule has 1 aromatic rings. The van der Waals surface area contributed by atoms with Crippen LogP contribution >= 0.6 is 11.6 Å². The van der Waals surface area contributed by atoms with Crippen molar-refractivity contribution >= 4 is 17.3 Å². The fourth-order valence-corrected chi connectivity index (χ4v) is 1.63. The van der Waals surface area contributed by atoms with E-state index in [0.717, 1.165) is 12.0 Å². The van der Waals surface area contributed by atoms with Crippen molar-refractivity contribution in [1.29, 1.82) is 0 Å². The van der Waals surface area contributed by atoms with Crippen LogP contribution in [0.2, 0.25) is 5.15 Å². The SMILES string of the molecule is CCC1(C#Cc2ccnc(Cl)c2N)CC1. The van der Waals surface area contributed by atoms with E-state index in [9.17, 15) is 0 Å². The van der Waals surface area contributed by atoms with Crippen molar-refractivity contribution in [2.45, 2.75) is 26.2 Å². The molecule has 1 aliphatic carbocycles. The summed E-state index contributed by atoms with van der Waals surface area (Å²) in [6.07, 6.45) is 5.15. The minimum atomic E-state index is 0.252. The summed E-state index contributed by atoms with van der Waals surface area (Å²) >= 11 is 5.81. The molecule has 1 aliphatic rings. The van der Waals surface area contributed by atoms with E-state index < -0.39 is 0 Å². The van der Waals surface area contributed by atoms with Gasteiger partial charge in [0.1, 0.15) is 0 Å². The minimum absolute atomic E-state index is 0.252. The Morgan fingerprint density at radius 1 is 1.60 bits per heavy atom. The van der Waals surface area contributed by atoms with Gasteiger partial charge < -0.3 is 5.73 Å². The molecule has 15 heavy (non-hydrogen) atoms. The predicted molar refractivity (Wildman–Crippen MR) is 62.5 cm³/mol. The van der Waals surface area contributed by atoms with Crippen molar-refractivity contribution in [3.05, 3.63) is 23.0 Å². The lowest BCUT2D eigenvalue weighted by atomic mass is 10.0. The van der Waals surface area contributed by atoms with Crippen LogP contribution in [0.5, 0.6) is 0 Å². The van der Waals surface area contributed by atoms with Crippen LogP contribution in [0.3, 0.4) is 0 Å². The summed E-state index contributed by atoms with van der Waals surface area (Å²) in [6.45, 7) is 2.17. The zero-order valence-electron chi connectivity index (χ0n) is 8.68. The standard InChI is InChI=1S/C12H13ClN2/c1-2-12(6-7-12)5-3-9-4-8-15-11(13)10(9)14/h4,8H,2,6-7,14H2,1H3. The quantitative estimate of drug-likeness (QED) is 0.584. The van der Waals surface area contributed by atoms with Gasteiger partial charge in [0.2, 0.25) is 0 Å². The number of hydrogen-bond acceptors (Lipinski definition) is 2. The van der Waals surface area contributed by atoms with Crippen molar-refractivity contribution in [3.63, 3.8) is 0 Å². The van der Waals surface area contributed by atoms with E-state index in [1.807, 2.05) is 0 Å². The van der Waals surface area contributed by atoms with Crippen LogP contribution in [-0.2, 0) is 0 Å². The van der Waals surface area contributed by atoms with Gasteiger partial charge >= 0.3 is 0 Å². The lowest BCUT2D eigenvalue weighted by molar-refractivity contribution is 0.651. The highest BCUT2D eigenvalue weighted by molar-refractivity contribution is 6.32. The zero-order chi connectivity index (χ0) is 10.9. The number of anilines is 1. The fourth-order valence-electron chi connectivity index (χ4n) is 1.47. The molecule has 0 atom stereocenters. The van der Waals surface area contributed by atoms with E-state index in [4.69, 9.17) is 17.3 Å². The van der Waals surface area contributed by atoms with Gasteiger partial charge in [0.15, 0.2) is 5.15 Å². The second-order valence-electron chi connectivity index (χ2n) is 3.95. The normalized spacial score (nSPS) is 16.7. The maximum Gasteiger partial charge on any atom is 0.153 e. The van der Waals surface area contributed by atoms with E-state index in [0.29, 0.717) is 10.8 Å². The van der Waals surface area contributed by atoms with Crippen LogP contribution in [0, 0.1) is 17.3 Å². The van der Waals surface area contributed by atoms with Gasteiger partial charge in [-0.25, -0.2) is 4.98 Å². The lowest BCUT2D eigenvalue weighted by Gasteiger charge is -2.01. The fraction of sp³-hybridized carbons (Fsp3) is 0.417. The number of hydrogen-bond donors (Lipinski definition) is 1. The Morgan fingerprint density at radius 2 is 2.33 bits per heavy atom. The summed E-state index contributed by atoms with van der Waals surface area (Å²) in [5, 5.41) is 0.336. The van der Waals surface area contributed by atoms with Gasteiger partial charge in [-0.2, -0.15) is 0 Å². The average molecular weight is 221 g/mol. The number of pyridine rings is 1. The summed E-state index contributed by atoms with van der Waals surface area (Å²) in [5.41, 5.74) is 7.30. The summed E-state index contributed by atoms with van der Waals surface area (Å²) in [5.74, 6) is 6.40. The Morgan fingerprint density at radius 3 is 2.93 bits per heavy atom. The maximum absolute atomic E-state index is 5.81. The van der Waals surface area contributed by atoms with Crippen LogP contribution in [-0.4, -0.2) is 4.98 Å². The molecule has 0 saturated heterocycles. The summed E-state index contributed by atoms with van der Waals surface area (Å²) < 4.78 is 0. The zero-order valence-corrected chi connectivity index (χ0v) is 9.43. The average Bonchev–Trinajstić information content (AvgIpc) is 3.01. The molecule has 1 saturated carbocycles. The smallest absolute Gasteiger partial charge is 0.153 e. The van der Waals surface area contributed by atoms with Gasteiger partial charge in [-0.05, 0) is 25.3 Å². The molecule has 2 nitrogen and oxygen atoms in total. The predicted octanol–water partition coefficient (Wildman–Crippen LogP) is 2.86. The van der Waals surface area contributed by atoms with E-state index >= 15 is 0 Å². The van der Waals surface area contributed by atoms with Gasteiger partial charge in [0, 0.05) is 11.6 Å². The molecular formula is C12H13ClN2.